The summed E-state index contributed by atoms with van der Waals surface area (Å²) in [5.74, 6) is -1.86. The lowest BCUT2D eigenvalue weighted by Crippen LogP contribution is -2.20. The zero-order valence-electron chi connectivity index (χ0n) is 9.58. The fraction of sp³-hybridized carbons (Fsp3) is 0.417. The molecule has 18 heavy (non-hydrogen) atoms. The van der Waals surface area contributed by atoms with Gasteiger partial charge in [0.05, 0.1) is 12.5 Å². The van der Waals surface area contributed by atoms with Crippen molar-refractivity contribution in [2.24, 2.45) is 0 Å². The molecular weight excluding hydrogens is 243 g/mol. The summed E-state index contributed by atoms with van der Waals surface area (Å²) in [7, 11) is 0. The van der Waals surface area contributed by atoms with Crippen molar-refractivity contribution in [2.75, 3.05) is 6.61 Å². The van der Waals surface area contributed by atoms with E-state index in [2.05, 4.69) is 0 Å². The van der Waals surface area contributed by atoms with Crippen LogP contribution in [0.5, 0.6) is 0 Å². The molecule has 1 rings (SSSR count). The first kappa shape index (κ1) is 14.6. The molecule has 0 aliphatic rings. The van der Waals surface area contributed by atoms with Gasteiger partial charge >= 0.3 is 5.97 Å². The van der Waals surface area contributed by atoms with Crippen LogP contribution in [-0.4, -0.2) is 39.1 Å². The molecule has 0 saturated carbocycles. The Labute approximate surface area is 103 Å². The Balaban J connectivity index is 2.93. The summed E-state index contributed by atoms with van der Waals surface area (Å²) in [4.78, 5) is 10.5. The number of hydrogen-bond acceptors (Lipinski definition) is 4. The minimum Gasteiger partial charge on any atom is -0.481 e. The molecule has 0 radical (unpaired) electrons. The number of carbonyl (C=O) groups is 1. The number of carboxylic acid groups (broad SMARTS) is 1. The summed E-state index contributed by atoms with van der Waals surface area (Å²) in [6.07, 6.45) is -2.99. The summed E-state index contributed by atoms with van der Waals surface area (Å²) in [5.41, 5.74) is 0.156. The molecule has 0 amide bonds. The first-order chi connectivity index (χ1) is 8.45. The van der Waals surface area contributed by atoms with Gasteiger partial charge in [0, 0.05) is 6.61 Å². The molecule has 1 aromatic carbocycles. The molecule has 6 heteroatoms. The SMILES string of the molecule is O=C(O)Cc1cc(C(O)C(O)CCO)ccc1F. The second-order valence-electron chi connectivity index (χ2n) is 3.95. The van der Waals surface area contributed by atoms with Crippen LogP contribution in [0.25, 0.3) is 0 Å². The molecule has 0 aromatic heterocycles. The van der Waals surface area contributed by atoms with Gasteiger partial charge in [-0.05, 0) is 29.7 Å². The van der Waals surface area contributed by atoms with Gasteiger partial charge in [0.2, 0.25) is 0 Å². The molecule has 0 fully saturated rings. The van der Waals surface area contributed by atoms with Crippen molar-refractivity contribution in [3.05, 3.63) is 35.1 Å². The zero-order valence-corrected chi connectivity index (χ0v) is 9.58. The van der Waals surface area contributed by atoms with Crippen LogP contribution in [0.1, 0.15) is 23.7 Å². The Kier molecular flexibility index (Phi) is 5.21. The van der Waals surface area contributed by atoms with Crippen LogP contribution in [0.4, 0.5) is 4.39 Å². The maximum Gasteiger partial charge on any atom is 0.307 e. The zero-order chi connectivity index (χ0) is 13.7. The van der Waals surface area contributed by atoms with Gasteiger partial charge in [-0.25, -0.2) is 4.39 Å². The van der Waals surface area contributed by atoms with Crippen molar-refractivity contribution in [1.82, 2.24) is 0 Å². The van der Waals surface area contributed by atoms with Gasteiger partial charge in [-0.2, -0.15) is 0 Å². The van der Waals surface area contributed by atoms with Crippen LogP contribution in [-0.2, 0) is 11.2 Å². The number of halogens is 1. The van der Waals surface area contributed by atoms with E-state index in [1.807, 2.05) is 0 Å². The topological polar surface area (TPSA) is 98.0 Å². The number of aliphatic carboxylic acids is 1. The van der Waals surface area contributed by atoms with Gasteiger partial charge in [0.25, 0.3) is 0 Å². The van der Waals surface area contributed by atoms with Crippen molar-refractivity contribution >= 4 is 5.97 Å². The first-order valence-corrected chi connectivity index (χ1v) is 5.42. The third kappa shape index (κ3) is 3.76. The fourth-order valence-corrected chi connectivity index (χ4v) is 1.59. The largest absolute Gasteiger partial charge is 0.481 e. The average molecular weight is 258 g/mol. The third-order valence-electron chi connectivity index (χ3n) is 2.54. The highest BCUT2D eigenvalue weighted by molar-refractivity contribution is 5.70. The van der Waals surface area contributed by atoms with Crippen molar-refractivity contribution in [1.29, 1.82) is 0 Å². The minimum atomic E-state index is -1.29. The molecule has 1 aromatic rings. The van der Waals surface area contributed by atoms with Crippen molar-refractivity contribution in [3.63, 3.8) is 0 Å². The van der Waals surface area contributed by atoms with Gasteiger partial charge in [0.15, 0.2) is 0 Å². The van der Waals surface area contributed by atoms with Crippen LogP contribution in [0.15, 0.2) is 18.2 Å². The average Bonchev–Trinajstić information content (AvgIpc) is 2.31. The molecule has 2 unspecified atom stereocenters. The van der Waals surface area contributed by atoms with Crippen molar-refractivity contribution < 1.29 is 29.6 Å². The predicted octanol–water partition coefficient (Wildman–Crippen LogP) is 0.229. The molecular formula is C12H15FO5. The Hall–Kier alpha value is -1.50. The Morgan fingerprint density at radius 2 is 2.00 bits per heavy atom. The fourth-order valence-electron chi connectivity index (χ4n) is 1.59. The summed E-state index contributed by atoms with van der Waals surface area (Å²) in [6.45, 7) is -0.290. The van der Waals surface area contributed by atoms with Gasteiger partial charge in [-0.3, -0.25) is 4.79 Å². The standard InChI is InChI=1S/C12H15FO5/c13-9-2-1-7(5-8(9)6-11(16)17)12(18)10(15)3-4-14/h1-2,5,10,12,14-15,18H,3-4,6H2,(H,16,17). The molecule has 0 bridgehead atoms. The van der Waals surface area contributed by atoms with Crippen LogP contribution >= 0.6 is 0 Å². The van der Waals surface area contributed by atoms with E-state index in [9.17, 15) is 19.4 Å². The van der Waals surface area contributed by atoms with Crippen LogP contribution in [0.2, 0.25) is 0 Å². The van der Waals surface area contributed by atoms with Gasteiger partial charge in [-0.15, -0.1) is 0 Å². The highest BCUT2D eigenvalue weighted by Gasteiger charge is 2.19. The van der Waals surface area contributed by atoms with Gasteiger partial charge in [0.1, 0.15) is 11.9 Å². The molecule has 0 aliphatic carbocycles. The molecule has 5 nitrogen and oxygen atoms in total. The smallest absolute Gasteiger partial charge is 0.307 e. The van der Waals surface area contributed by atoms with E-state index in [1.54, 1.807) is 0 Å². The highest BCUT2D eigenvalue weighted by Crippen LogP contribution is 2.21. The van der Waals surface area contributed by atoms with E-state index in [4.69, 9.17) is 10.2 Å². The van der Waals surface area contributed by atoms with E-state index in [0.717, 1.165) is 6.07 Å². The van der Waals surface area contributed by atoms with Crippen molar-refractivity contribution in [2.45, 2.75) is 25.0 Å². The quantitative estimate of drug-likeness (QED) is 0.585. The first-order valence-electron chi connectivity index (χ1n) is 5.42. The van der Waals surface area contributed by atoms with E-state index in [0.29, 0.717) is 0 Å². The Bertz CT molecular complexity index is 421. The minimum absolute atomic E-state index is 0.0210. The van der Waals surface area contributed by atoms with E-state index < -0.39 is 30.4 Å². The predicted molar refractivity (Wildman–Crippen MR) is 60.4 cm³/mol. The molecule has 0 saturated heterocycles. The Morgan fingerprint density at radius 1 is 1.33 bits per heavy atom. The second kappa shape index (κ2) is 6.44. The second-order valence-corrected chi connectivity index (χ2v) is 3.95. The summed E-state index contributed by atoms with van der Waals surface area (Å²) in [5, 5.41) is 36.5. The molecule has 0 aliphatic heterocycles. The number of aliphatic hydroxyl groups excluding tert-OH is 3. The lowest BCUT2D eigenvalue weighted by atomic mass is 9.99. The lowest BCUT2D eigenvalue weighted by Gasteiger charge is -2.18. The van der Waals surface area contributed by atoms with Crippen LogP contribution in [0, 0.1) is 5.82 Å². The summed E-state index contributed by atoms with van der Waals surface area (Å²) >= 11 is 0. The third-order valence-corrected chi connectivity index (χ3v) is 2.54. The molecule has 100 valence electrons. The van der Waals surface area contributed by atoms with Crippen LogP contribution in [0.3, 0.4) is 0 Å². The van der Waals surface area contributed by atoms with Gasteiger partial charge < -0.3 is 20.4 Å². The number of aliphatic hydroxyl groups is 3. The molecule has 0 spiro atoms. The number of benzene rings is 1. The Morgan fingerprint density at radius 3 is 2.56 bits per heavy atom. The monoisotopic (exact) mass is 258 g/mol. The lowest BCUT2D eigenvalue weighted by molar-refractivity contribution is -0.136. The normalized spacial score (nSPS) is 14.2. The maximum atomic E-state index is 13.3. The van der Waals surface area contributed by atoms with E-state index in [-0.39, 0.29) is 24.2 Å². The summed E-state index contributed by atoms with van der Waals surface area (Å²) in [6, 6.07) is 3.52. The highest BCUT2D eigenvalue weighted by atomic mass is 19.1. The number of hydrogen-bond donors (Lipinski definition) is 4. The van der Waals surface area contributed by atoms with E-state index in [1.165, 1.54) is 12.1 Å². The molecule has 2 atom stereocenters. The number of rotatable bonds is 6. The molecule has 0 heterocycles. The van der Waals surface area contributed by atoms with E-state index >= 15 is 0 Å². The van der Waals surface area contributed by atoms with Crippen LogP contribution < -0.4 is 0 Å². The van der Waals surface area contributed by atoms with Crippen molar-refractivity contribution in [3.8, 4) is 0 Å². The number of carboxylic acids is 1. The molecule has 4 N–H and O–H groups in total. The van der Waals surface area contributed by atoms with Gasteiger partial charge in [-0.1, -0.05) is 6.07 Å². The summed E-state index contributed by atoms with van der Waals surface area (Å²) < 4.78 is 13.3. The maximum absolute atomic E-state index is 13.3.